The highest BCUT2D eigenvalue weighted by Crippen LogP contribution is 2.43. The van der Waals surface area contributed by atoms with Gasteiger partial charge < -0.3 is 10.2 Å². The van der Waals surface area contributed by atoms with Crippen molar-refractivity contribution in [2.24, 2.45) is 11.8 Å². The summed E-state index contributed by atoms with van der Waals surface area (Å²) in [4.78, 5) is 29.0. The highest BCUT2D eigenvalue weighted by atomic mass is 35.5. The zero-order valence-electron chi connectivity index (χ0n) is 17.7. The number of pyridine rings is 1. The molecule has 166 valence electrons. The molecule has 1 amide bonds. The molecule has 0 spiro atoms. The average Bonchev–Trinajstić information content (AvgIpc) is 3.36. The van der Waals surface area contributed by atoms with Crippen molar-refractivity contribution in [3.63, 3.8) is 0 Å². The molecule has 2 saturated heterocycles. The highest BCUT2D eigenvalue weighted by molar-refractivity contribution is 5.96. The molecule has 3 atom stereocenters. The third-order valence-electron chi connectivity index (χ3n) is 6.59. The molecule has 1 N–H and O–H groups in total. The van der Waals surface area contributed by atoms with E-state index in [-0.39, 0.29) is 41.3 Å². The quantitative estimate of drug-likeness (QED) is 0.657. The van der Waals surface area contributed by atoms with Crippen molar-refractivity contribution in [1.82, 2.24) is 14.8 Å². The van der Waals surface area contributed by atoms with Gasteiger partial charge in [0.1, 0.15) is 11.4 Å². The van der Waals surface area contributed by atoms with Gasteiger partial charge in [0, 0.05) is 37.4 Å². The molecule has 0 unspecified atom stereocenters. The van der Waals surface area contributed by atoms with E-state index in [1.807, 2.05) is 23.1 Å². The smallest absolute Gasteiger partial charge is 0.268 e. The predicted octanol–water partition coefficient (Wildman–Crippen LogP) is 3.74. The van der Waals surface area contributed by atoms with E-state index in [0.29, 0.717) is 29.6 Å². The van der Waals surface area contributed by atoms with Crippen LogP contribution in [0.5, 0.6) is 0 Å². The maximum Gasteiger partial charge on any atom is 0.268 e. The number of carbonyl (C=O) groups excluding carboxylic acids is 1. The summed E-state index contributed by atoms with van der Waals surface area (Å²) in [6, 6.07) is 17.5. The Morgan fingerprint density at radius 3 is 2.47 bits per heavy atom. The van der Waals surface area contributed by atoms with Crippen LogP contribution < -0.4 is 10.9 Å². The minimum atomic E-state index is -0.376. The Morgan fingerprint density at radius 1 is 1.03 bits per heavy atom. The van der Waals surface area contributed by atoms with Crippen LogP contribution >= 0.6 is 12.4 Å². The summed E-state index contributed by atoms with van der Waals surface area (Å²) in [5.74, 6) is 0.0949. The summed E-state index contributed by atoms with van der Waals surface area (Å²) >= 11 is 0. The lowest BCUT2D eigenvalue weighted by Crippen LogP contribution is -2.39. The molecule has 3 aromatic rings. The first-order valence-electron chi connectivity index (χ1n) is 10.6. The Labute approximate surface area is 192 Å². The third kappa shape index (κ3) is 3.74. The van der Waals surface area contributed by atoms with Gasteiger partial charge in [0.15, 0.2) is 0 Å². The lowest BCUT2D eigenvalue weighted by Gasteiger charge is -2.29. The number of hydrogen-bond acceptors (Lipinski definition) is 3. The summed E-state index contributed by atoms with van der Waals surface area (Å²) in [7, 11) is 0. The molecule has 0 radical (unpaired) electrons. The Hall–Kier alpha value is -2.96. The van der Waals surface area contributed by atoms with E-state index >= 15 is 0 Å². The van der Waals surface area contributed by atoms with E-state index in [1.165, 1.54) is 16.7 Å². The van der Waals surface area contributed by atoms with Crippen LogP contribution in [0, 0.1) is 24.6 Å². The summed E-state index contributed by atoms with van der Waals surface area (Å²) in [6.45, 7) is 4.16. The van der Waals surface area contributed by atoms with Gasteiger partial charge in [0.05, 0.1) is 6.04 Å². The van der Waals surface area contributed by atoms with Gasteiger partial charge in [-0.2, -0.15) is 0 Å². The van der Waals surface area contributed by atoms with Gasteiger partial charge in [0.25, 0.3) is 11.5 Å². The maximum atomic E-state index is 13.8. The molecule has 3 heterocycles. The van der Waals surface area contributed by atoms with E-state index in [1.54, 1.807) is 31.3 Å². The number of likely N-dealkylation sites (tertiary alicyclic amines) is 1. The number of carbonyl (C=O) groups is 1. The van der Waals surface area contributed by atoms with E-state index in [2.05, 4.69) is 17.4 Å². The first kappa shape index (κ1) is 22.2. The van der Waals surface area contributed by atoms with Gasteiger partial charge in [-0.15, -0.1) is 12.4 Å². The number of benzene rings is 2. The first-order valence-corrected chi connectivity index (χ1v) is 10.6. The number of aryl methyl sites for hydroxylation is 1. The molecular weight excluding hydrogens is 429 g/mol. The summed E-state index contributed by atoms with van der Waals surface area (Å²) < 4.78 is 14.8. The van der Waals surface area contributed by atoms with Crippen LogP contribution in [-0.4, -0.2) is 35.0 Å². The van der Waals surface area contributed by atoms with Gasteiger partial charge in [-0.1, -0.05) is 30.3 Å². The molecule has 5 nitrogen and oxygen atoms in total. The number of nitrogens with one attached hydrogen (secondary N) is 1. The Bertz CT molecular complexity index is 1180. The minimum Gasteiger partial charge on any atom is -0.331 e. The molecule has 5 rings (SSSR count). The second-order valence-corrected chi connectivity index (χ2v) is 8.42. The number of hydrogen-bond donors (Lipinski definition) is 1. The van der Waals surface area contributed by atoms with E-state index in [0.717, 1.165) is 18.7 Å². The molecule has 2 aliphatic rings. The van der Waals surface area contributed by atoms with E-state index < -0.39 is 0 Å². The highest BCUT2D eigenvalue weighted by Gasteiger charge is 2.47. The lowest BCUT2D eigenvalue weighted by molar-refractivity contribution is 0.0711. The van der Waals surface area contributed by atoms with E-state index in [9.17, 15) is 14.0 Å². The molecule has 1 aromatic heterocycles. The van der Waals surface area contributed by atoms with Crippen LogP contribution in [0.3, 0.4) is 0 Å². The molecule has 2 aromatic carbocycles. The van der Waals surface area contributed by atoms with Crippen LogP contribution in [0.4, 0.5) is 4.39 Å². The largest absolute Gasteiger partial charge is 0.331 e. The molecule has 2 aliphatic heterocycles. The Morgan fingerprint density at radius 2 is 1.75 bits per heavy atom. The van der Waals surface area contributed by atoms with Crippen molar-refractivity contribution in [3.8, 4) is 5.69 Å². The third-order valence-corrected chi connectivity index (χ3v) is 6.59. The number of fused-ring (bicyclic) bond motifs is 1. The SMILES string of the molecule is Cc1ccn(-c2ccc(F)cc2)c(=O)c1C(=O)N1C[C@@H]2CNC[C@@H]2[C@H]1c1ccccc1.Cl. The fourth-order valence-electron chi connectivity index (χ4n) is 5.04. The summed E-state index contributed by atoms with van der Waals surface area (Å²) in [6.07, 6.45) is 1.64. The van der Waals surface area contributed by atoms with Crippen LogP contribution in [0.2, 0.25) is 0 Å². The lowest BCUT2D eigenvalue weighted by atomic mass is 9.89. The molecule has 0 saturated carbocycles. The second-order valence-electron chi connectivity index (χ2n) is 8.42. The van der Waals surface area contributed by atoms with E-state index in [4.69, 9.17) is 0 Å². The molecular formula is C25H25ClFN3O2. The summed E-state index contributed by atoms with van der Waals surface area (Å²) in [5, 5.41) is 3.45. The number of rotatable bonds is 3. The van der Waals surface area contributed by atoms with Gasteiger partial charge in [-0.25, -0.2) is 4.39 Å². The van der Waals surface area contributed by atoms with Crippen molar-refractivity contribution in [3.05, 3.63) is 99.7 Å². The standard InChI is InChI=1S/C25H24FN3O2.ClH/c1-16-11-12-28(20-9-7-19(26)8-10-20)24(30)22(16)25(31)29-15-18-13-27-14-21(18)23(29)17-5-3-2-4-6-17;/h2-12,18,21,23,27H,13-15H2,1H3;1H/t18-,21-,23+;/m0./s1. The van der Waals surface area contributed by atoms with Crippen molar-refractivity contribution >= 4 is 18.3 Å². The normalized spacial score (nSPS) is 21.8. The maximum absolute atomic E-state index is 13.8. The second kappa shape index (κ2) is 8.88. The van der Waals surface area contributed by atoms with Crippen molar-refractivity contribution in [1.29, 1.82) is 0 Å². The number of amides is 1. The number of aromatic nitrogens is 1. The fourth-order valence-corrected chi connectivity index (χ4v) is 5.04. The average molecular weight is 454 g/mol. The van der Waals surface area contributed by atoms with Gasteiger partial charge in [-0.05, 0) is 54.3 Å². The predicted molar refractivity (Wildman–Crippen MR) is 124 cm³/mol. The topological polar surface area (TPSA) is 54.3 Å². The monoisotopic (exact) mass is 453 g/mol. The van der Waals surface area contributed by atoms with Gasteiger partial charge >= 0.3 is 0 Å². The summed E-state index contributed by atoms with van der Waals surface area (Å²) in [5.41, 5.74) is 2.08. The Kier molecular flexibility index (Phi) is 6.17. The van der Waals surface area contributed by atoms with Crippen LogP contribution in [-0.2, 0) is 0 Å². The molecule has 7 heteroatoms. The van der Waals surface area contributed by atoms with Gasteiger partial charge in [0.2, 0.25) is 0 Å². The number of halogens is 2. The van der Waals surface area contributed by atoms with Crippen LogP contribution in [0.1, 0.15) is 27.5 Å². The van der Waals surface area contributed by atoms with Crippen molar-refractivity contribution in [2.75, 3.05) is 19.6 Å². The zero-order valence-corrected chi connectivity index (χ0v) is 18.5. The van der Waals surface area contributed by atoms with Gasteiger partial charge in [-0.3, -0.25) is 14.2 Å². The fraction of sp³-hybridized carbons (Fsp3) is 0.280. The molecule has 0 bridgehead atoms. The first-order chi connectivity index (χ1) is 15.0. The Balaban J connectivity index is 0.00000245. The van der Waals surface area contributed by atoms with Crippen molar-refractivity contribution < 1.29 is 9.18 Å². The molecule has 32 heavy (non-hydrogen) atoms. The van der Waals surface area contributed by atoms with Crippen molar-refractivity contribution in [2.45, 2.75) is 13.0 Å². The zero-order chi connectivity index (χ0) is 21.5. The van der Waals surface area contributed by atoms with Crippen LogP contribution in [0.25, 0.3) is 5.69 Å². The molecule has 0 aliphatic carbocycles. The molecule has 2 fully saturated rings. The van der Waals surface area contributed by atoms with Crippen LogP contribution in [0.15, 0.2) is 71.7 Å². The number of nitrogens with zero attached hydrogens (tertiary/aromatic N) is 2. The minimum absolute atomic E-state index is 0.